The van der Waals surface area contributed by atoms with Gasteiger partial charge in [0, 0.05) is 31.4 Å². The maximum absolute atomic E-state index is 13.0. The van der Waals surface area contributed by atoms with Crippen LogP contribution in [0.15, 0.2) is 71.2 Å². The summed E-state index contributed by atoms with van der Waals surface area (Å²) in [6.45, 7) is 1.76. The van der Waals surface area contributed by atoms with E-state index in [0.29, 0.717) is 12.1 Å². The Morgan fingerprint density at radius 3 is 2.15 bits per heavy atom. The summed E-state index contributed by atoms with van der Waals surface area (Å²) in [5.74, 6) is 0.0353. The average molecular weight is 444 g/mol. The number of hydrogen-bond acceptors (Lipinski definition) is 4. The van der Waals surface area contributed by atoms with Crippen molar-refractivity contribution in [2.75, 3.05) is 7.05 Å². The molecule has 1 fully saturated rings. The fraction of sp³-hybridized carbons (Fsp3) is 0.379. The van der Waals surface area contributed by atoms with Gasteiger partial charge < -0.3 is 0 Å². The topological polar surface area (TPSA) is 63.6 Å². The first kappa shape index (κ1) is 24.5. The standard InChI is InChI=1S/C29H33NO3/c1-3-27(31)25(20-26(30-2)22-10-6-4-7-11-22)28(32)19-16-21-14-17-24(18-15-21)29(33)23-12-8-5-9-13-23/h4,6-7,10-11,14-15,17-18,20,23H,3,5,8-9,12-13,16,19H2,1-2H3/b25-20+,30-26?. The SMILES string of the molecule is CCC(=O)/C(=C\C(=NC)c1ccccc1)C(=O)CCc1ccc(C(=O)C2CCCCC2)cc1. The minimum atomic E-state index is -0.179. The Morgan fingerprint density at radius 1 is 0.879 bits per heavy atom. The van der Waals surface area contributed by atoms with E-state index in [4.69, 9.17) is 0 Å². The lowest BCUT2D eigenvalue weighted by Gasteiger charge is -2.20. The lowest BCUT2D eigenvalue weighted by molar-refractivity contribution is -0.121. The van der Waals surface area contributed by atoms with E-state index in [1.54, 1.807) is 20.0 Å². The van der Waals surface area contributed by atoms with Gasteiger partial charge in [0.15, 0.2) is 17.3 Å². The number of carbonyl (C=O) groups is 3. The Labute approximate surface area is 196 Å². The van der Waals surface area contributed by atoms with Crippen LogP contribution < -0.4 is 0 Å². The van der Waals surface area contributed by atoms with Crippen LogP contribution in [0.5, 0.6) is 0 Å². The Kier molecular flexibility index (Phi) is 9.05. The zero-order chi connectivity index (χ0) is 23.6. The molecule has 4 heteroatoms. The van der Waals surface area contributed by atoms with Crippen molar-refractivity contribution >= 4 is 23.1 Å². The highest BCUT2D eigenvalue weighted by Crippen LogP contribution is 2.27. The highest BCUT2D eigenvalue weighted by Gasteiger charge is 2.22. The van der Waals surface area contributed by atoms with Crippen molar-refractivity contribution in [2.45, 2.75) is 58.3 Å². The number of aryl methyl sites for hydroxylation is 1. The van der Waals surface area contributed by atoms with Gasteiger partial charge in [-0.15, -0.1) is 0 Å². The van der Waals surface area contributed by atoms with Crippen LogP contribution in [-0.2, 0) is 16.0 Å². The van der Waals surface area contributed by atoms with E-state index in [-0.39, 0.29) is 41.7 Å². The number of benzene rings is 2. The van der Waals surface area contributed by atoms with Crippen molar-refractivity contribution in [3.05, 3.63) is 82.9 Å². The number of ketones is 3. The third kappa shape index (κ3) is 6.67. The first-order valence-electron chi connectivity index (χ1n) is 12.0. The van der Waals surface area contributed by atoms with Gasteiger partial charge in [-0.3, -0.25) is 19.4 Å². The Morgan fingerprint density at radius 2 is 1.55 bits per heavy atom. The van der Waals surface area contributed by atoms with Crippen LogP contribution in [0.4, 0.5) is 0 Å². The quantitative estimate of drug-likeness (QED) is 0.149. The number of nitrogens with zero attached hydrogens (tertiary/aromatic N) is 1. The number of carbonyl (C=O) groups excluding carboxylic acids is 3. The normalized spacial score (nSPS) is 15.3. The van der Waals surface area contributed by atoms with Crippen molar-refractivity contribution in [3.63, 3.8) is 0 Å². The number of hydrogen-bond donors (Lipinski definition) is 0. The van der Waals surface area contributed by atoms with Gasteiger partial charge in [-0.25, -0.2) is 0 Å². The van der Waals surface area contributed by atoms with Crippen LogP contribution in [0.25, 0.3) is 0 Å². The first-order valence-corrected chi connectivity index (χ1v) is 12.0. The first-order chi connectivity index (χ1) is 16.0. The van der Waals surface area contributed by atoms with Crippen LogP contribution in [0.1, 0.15) is 73.4 Å². The molecule has 0 N–H and O–H groups in total. The number of aliphatic imine (C=N–C) groups is 1. The number of rotatable bonds is 10. The molecule has 33 heavy (non-hydrogen) atoms. The molecular weight excluding hydrogens is 410 g/mol. The largest absolute Gasteiger partial charge is 0.294 e. The highest BCUT2D eigenvalue weighted by atomic mass is 16.1. The molecule has 0 aromatic heterocycles. The molecular formula is C29H33NO3. The molecule has 172 valence electrons. The summed E-state index contributed by atoms with van der Waals surface area (Å²) in [6, 6.07) is 17.2. The molecule has 1 saturated carbocycles. The van der Waals surface area contributed by atoms with Crippen LogP contribution in [0.3, 0.4) is 0 Å². The maximum atomic E-state index is 13.0. The summed E-state index contributed by atoms with van der Waals surface area (Å²) < 4.78 is 0. The van der Waals surface area contributed by atoms with Gasteiger partial charge in [-0.2, -0.15) is 0 Å². The molecule has 0 bridgehead atoms. The van der Waals surface area contributed by atoms with Gasteiger partial charge in [0.2, 0.25) is 0 Å². The van der Waals surface area contributed by atoms with Gasteiger partial charge in [0.25, 0.3) is 0 Å². The van der Waals surface area contributed by atoms with Gasteiger partial charge in [0.05, 0.1) is 11.3 Å². The van der Waals surface area contributed by atoms with Crippen LogP contribution in [0, 0.1) is 5.92 Å². The summed E-state index contributed by atoms with van der Waals surface area (Å²) >= 11 is 0. The van der Waals surface area contributed by atoms with E-state index in [1.807, 2.05) is 54.6 Å². The molecule has 1 aliphatic rings. The van der Waals surface area contributed by atoms with Gasteiger partial charge in [-0.1, -0.05) is 80.8 Å². The van der Waals surface area contributed by atoms with Crippen molar-refractivity contribution in [1.29, 1.82) is 0 Å². The molecule has 4 nitrogen and oxygen atoms in total. The Balaban J connectivity index is 1.67. The second-order valence-corrected chi connectivity index (χ2v) is 8.63. The number of Topliss-reactive ketones (excluding diaryl/α,β-unsaturated/α-hetero) is 3. The molecule has 2 aromatic carbocycles. The monoisotopic (exact) mass is 443 g/mol. The van der Waals surface area contributed by atoms with E-state index in [0.717, 1.165) is 42.4 Å². The molecule has 1 aliphatic carbocycles. The second kappa shape index (κ2) is 12.2. The molecule has 0 spiro atoms. The summed E-state index contributed by atoms with van der Waals surface area (Å²) in [5, 5.41) is 0. The molecule has 0 unspecified atom stereocenters. The smallest absolute Gasteiger partial charge is 0.166 e. The van der Waals surface area contributed by atoms with Crippen LogP contribution in [0.2, 0.25) is 0 Å². The Hall–Kier alpha value is -3.14. The van der Waals surface area contributed by atoms with Gasteiger partial charge in [-0.05, 0) is 36.5 Å². The molecule has 0 saturated heterocycles. The third-order valence-electron chi connectivity index (χ3n) is 6.37. The molecule has 0 heterocycles. The van der Waals surface area contributed by atoms with Crippen molar-refractivity contribution < 1.29 is 14.4 Å². The van der Waals surface area contributed by atoms with E-state index in [9.17, 15) is 14.4 Å². The maximum Gasteiger partial charge on any atom is 0.166 e. The lowest BCUT2D eigenvalue weighted by Crippen LogP contribution is -2.17. The average Bonchev–Trinajstić information content (AvgIpc) is 2.88. The van der Waals surface area contributed by atoms with Crippen molar-refractivity contribution in [3.8, 4) is 0 Å². The molecule has 0 aliphatic heterocycles. The van der Waals surface area contributed by atoms with E-state index in [1.165, 1.54) is 6.42 Å². The van der Waals surface area contributed by atoms with Crippen LogP contribution in [-0.4, -0.2) is 30.1 Å². The summed E-state index contributed by atoms with van der Waals surface area (Å²) in [5.41, 5.74) is 3.43. The predicted molar refractivity (Wildman–Crippen MR) is 133 cm³/mol. The third-order valence-corrected chi connectivity index (χ3v) is 6.37. The summed E-state index contributed by atoms with van der Waals surface area (Å²) in [4.78, 5) is 42.5. The molecule has 0 radical (unpaired) electrons. The zero-order valence-electron chi connectivity index (χ0n) is 19.7. The van der Waals surface area contributed by atoms with Gasteiger partial charge >= 0.3 is 0 Å². The Bertz CT molecular complexity index is 1030. The summed E-state index contributed by atoms with van der Waals surface area (Å²) in [6.07, 6.45) is 8.12. The van der Waals surface area contributed by atoms with E-state index < -0.39 is 0 Å². The molecule has 3 rings (SSSR count). The second-order valence-electron chi connectivity index (χ2n) is 8.63. The van der Waals surface area contributed by atoms with Crippen molar-refractivity contribution in [1.82, 2.24) is 0 Å². The molecule has 0 amide bonds. The van der Waals surface area contributed by atoms with E-state index >= 15 is 0 Å². The zero-order valence-corrected chi connectivity index (χ0v) is 19.7. The minimum Gasteiger partial charge on any atom is -0.294 e. The molecule has 0 atom stereocenters. The highest BCUT2D eigenvalue weighted by molar-refractivity contribution is 6.25. The van der Waals surface area contributed by atoms with Crippen LogP contribution >= 0.6 is 0 Å². The summed E-state index contributed by atoms with van der Waals surface area (Å²) in [7, 11) is 1.66. The van der Waals surface area contributed by atoms with Crippen molar-refractivity contribution in [2.24, 2.45) is 10.9 Å². The fourth-order valence-corrected chi connectivity index (χ4v) is 4.36. The lowest BCUT2D eigenvalue weighted by atomic mass is 9.83. The van der Waals surface area contributed by atoms with E-state index in [2.05, 4.69) is 4.99 Å². The molecule has 2 aromatic rings. The minimum absolute atomic E-state index is 0.151. The van der Waals surface area contributed by atoms with Gasteiger partial charge in [0.1, 0.15) is 0 Å². The predicted octanol–water partition coefficient (Wildman–Crippen LogP) is 5.98. The fourth-order valence-electron chi connectivity index (χ4n) is 4.36. The number of allylic oxidation sites excluding steroid dienone is 2.